The lowest BCUT2D eigenvalue weighted by atomic mass is 9.77. The second-order valence-electron chi connectivity index (χ2n) is 7.34. The van der Waals surface area contributed by atoms with E-state index in [1.165, 1.54) is 0 Å². The molecule has 0 amide bonds. The van der Waals surface area contributed by atoms with Crippen LogP contribution >= 0.6 is 0 Å². The third-order valence-corrected chi connectivity index (χ3v) is 4.97. The Morgan fingerprint density at radius 2 is 1.31 bits per heavy atom. The third-order valence-electron chi connectivity index (χ3n) is 4.97. The van der Waals surface area contributed by atoms with Gasteiger partial charge in [0.15, 0.2) is 0 Å². The van der Waals surface area contributed by atoms with E-state index in [1.807, 2.05) is 24.3 Å². The second-order valence-corrected chi connectivity index (χ2v) is 7.34. The van der Waals surface area contributed by atoms with E-state index < -0.39 is 12.2 Å². The van der Waals surface area contributed by atoms with Gasteiger partial charge in [-0.1, -0.05) is 24.3 Å². The van der Waals surface area contributed by atoms with E-state index in [2.05, 4.69) is 0 Å². The lowest BCUT2D eigenvalue weighted by Crippen LogP contribution is -2.30. The van der Waals surface area contributed by atoms with E-state index in [1.54, 1.807) is 38.1 Å². The summed E-state index contributed by atoms with van der Waals surface area (Å²) in [5.41, 5.74) is 2.00. The molecule has 0 spiro atoms. The van der Waals surface area contributed by atoms with E-state index in [4.69, 9.17) is 0 Å². The summed E-state index contributed by atoms with van der Waals surface area (Å²) in [5.74, 6) is 0.588. The molecule has 2 aromatic rings. The van der Waals surface area contributed by atoms with E-state index in [0.29, 0.717) is 12.8 Å². The Morgan fingerprint density at radius 1 is 0.769 bits per heavy atom. The lowest BCUT2D eigenvalue weighted by Gasteiger charge is -2.30. The number of benzene rings is 2. The maximum Gasteiger partial charge on any atom is 0.115 e. The Morgan fingerprint density at radius 3 is 1.77 bits per heavy atom. The lowest BCUT2D eigenvalue weighted by molar-refractivity contribution is 0.0751. The Balaban J connectivity index is 2.22. The predicted octanol–water partition coefficient (Wildman–Crippen LogP) is 3.66. The molecule has 0 heterocycles. The molecule has 2 aromatic carbocycles. The molecule has 0 saturated heterocycles. The molecule has 4 N–H and O–H groups in total. The van der Waals surface area contributed by atoms with Crippen molar-refractivity contribution in [2.75, 3.05) is 0 Å². The number of rotatable bonds is 9. The van der Waals surface area contributed by atoms with Gasteiger partial charge in [-0.25, -0.2) is 0 Å². The topological polar surface area (TPSA) is 80.9 Å². The van der Waals surface area contributed by atoms with Gasteiger partial charge < -0.3 is 20.4 Å². The zero-order valence-corrected chi connectivity index (χ0v) is 15.5. The molecule has 0 unspecified atom stereocenters. The molecule has 0 aromatic heterocycles. The second kappa shape index (κ2) is 9.60. The molecule has 2 rings (SSSR count). The number of hydrogen-bond acceptors (Lipinski definition) is 4. The van der Waals surface area contributed by atoms with Crippen LogP contribution in [0.15, 0.2) is 48.5 Å². The molecular formula is C22H30O4. The number of aliphatic hydroxyl groups excluding tert-OH is 2. The Bertz CT molecular complexity index is 681. The van der Waals surface area contributed by atoms with E-state index in [9.17, 15) is 20.4 Å². The average molecular weight is 358 g/mol. The first kappa shape index (κ1) is 20.3. The summed E-state index contributed by atoms with van der Waals surface area (Å²) in [6.45, 7) is 3.57. The molecule has 4 heteroatoms. The van der Waals surface area contributed by atoms with Crippen molar-refractivity contribution in [3.63, 3.8) is 0 Å². The number of hydrogen-bond donors (Lipinski definition) is 4. The van der Waals surface area contributed by atoms with Crippen molar-refractivity contribution in [2.24, 2.45) is 11.8 Å². The van der Waals surface area contributed by atoms with E-state index >= 15 is 0 Å². The fourth-order valence-electron chi connectivity index (χ4n) is 3.60. The normalized spacial score (nSPS) is 16.0. The number of phenols is 2. The first-order valence-electron chi connectivity index (χ1n) is 9.27. The Kier molecular flexibility index (Phi) is 7.49. The SMILES string of the molecule is C[C@H](O)CC[C@H](Cc1cccc(O)c1)[C@@H](Cc1cccc(O)c1)[C@H](C)O. The highest BCUT2D eigenvalue weighted by Gasteiger charge is 2.27. The van der Waals surface area contributed by atoms with Gasteiger partial charge in [0, 0.05) is 0 Å². The minimum absolute atomic E-state index is 0.0158. The van der Waals surface area contributed by atoms with Crippen LogP contribution < -0.4 is 0 Å². The summed E-state index contributed by atoms with van der Waals surface area (Å²) in [6.07, 6.45) is 1.89. The highest BCUT2D eigenvalue weighted by molar-refractivity contribution is 5.29. The van der Waals surface area contributed by atoms with Crippen molar-refractivity contribution < 1.29 is 20.4 Å². The highest BCUT2D eigenvalue weighted by atomic mass is 16.3. The van der Waals surface area contributed by atoms with Crippen molar-refractivity contribution in [3.05, 3.63) is 59.7 Å². The Labute approximate surface area is 155 Å². The van der Waals surface area contributed by atoms with E-state index in [-0.39, 0.29) is 23.3 Å². The summed E-state index contributed by atoms with van der Waals surface area (Å²) < 4.78 is 0. The van der Waals surface area contributed by atoms with Gasteiger partial charge in [-0.2, -0.15) is 0 Å². The van der Waals surface area contributed by atoms with Gasteiger partial charge in [-0.15, -0.1) is 0 Å². The molecule has 0 saturated carbocycles. The molecule has 0 aliphatic heterocycles. The van der Waals surface area contributed by atoms with Crippen LogP contribution in [0.4, 0.5) is 0 Å². The summed E-state index contributed by atoms with van der Waals surface area (Å²) in [5, 5.41) is 39.6. The van der Waals surface area contributed by atoms with Crippen molar-refractivity contribution in [3.8, 4) is 11.5 Å². The van der Waals surface area contributed by atoms with Crippen LogP contribution in [0.5, 0.6) is 11.5 Å². The molecule has 0 bridgehead atoms. The van der Waals surface area contributed by atoms with Gasteiger partial charge in [0.1, 0.15) is 11.5 Å². The summed E-state index contributed by atoms with van der Waals surface area (Å²) in [6, 6.07) is 14.3. The minimum Gasteiger partial charge on any atom is -0.508 e. The number of aliphatic hydroxyl groups is 2. The fourth-order valence-corrected chi connectivity index (χ4v) is 3.60. The highest BCUT2D eigenvalue weighted by Crippen LogP contribution is 2.30. The van der Waals surface area contributed by atoms with Gasteiger partial charge in [-0.05, 0) is 86.8 Å². The van der Waals surface area contributed by atoms with Gasteiger partial charge in [0.25, 0.3) is 0 Å². The van der Waals surface area contributed by atoms with Gasteiger partial charge in [-0.3, -0.25) is 0 Å². The van der Waals surface area contributed by atoms with E-state index in [0.717, 1.165) is 24.0 Å². The maximum atomic E-state index is 10.4. The first-order chi connectivity index (χ1) is 12.3. The van der Waals surface area contributed by atoms with Crippen LogP contribution in [-0.2, 0) is 12.8 Å². The molecule has 0 fully saturated rings. The zero-order chi connectivity index (χ0) is 19.1. The zero-order valence-electron chi connectivity index (χ0n) is 15.5. The molecule has 4 nitrogen and oxygen atoms in total. The van der Waals surface area contributed by atoms with Crippen molar-refractivity contribution in [2.45, 2.75) is 51.7 Å². The molecular weight excluding hydrogens is 328 g/mol. The van der Waals surface area contributed by atoms with Gasteiger partial charge >= 0.3 is 0 Å². The van der Waals surface area contributed by atoms with Crippen molar-refractivity contribution in [1.29, 1.82) is 0 Å². The standard InChI is InChI=1S/C22H30O4/c1-15(23)9-10-19(11-17-5-3-7-20(25)12-17)22(16(2)24)14-18-6-4-8-21(26)13-18/h3-8,12-13,15-16,19,22-26H,9-11,14H2,1-2H3/t15-,16-,19+,22-/m0/s1. The van der Waals surface area contributed by atoms with Crippen molar-refractivity contribution in [1.82, 2.24) is 0 Å². The van der Waals surface area contributed by atoms with Crippen LogP contribution in [0.25, 0.3) is 0 Å². The fraction of sp³-hybridized carbons (Fsp3) is 0.455. The first-order valence-corrected chi connectivity index (χ1v) is 9.27. The van der Waals surface area contributed by atoms with Gasteiger partial charge in [0.05, 0.1) is 12.2 Å². The quantitative estimate of drug-likeness (QED) is 0.551. The summed E-state index contributed by atoms with van der Waals surface area (Å²) >= 11 is 0. The summed E-state index contributed by atoms with van der Waals surface area (Å²) in [7, 11) is 0. The number of phenolic OH excluding ortho intramolecular Hbond substituents is 2. The van der Waals surface area contributed by atoms with Crippen LogP contribution in [0, 0.1) is 11.8 Å². The molecule has 0 aliphatic carbocycles. The van der Waals surface area contributed by atoms with Crippen LogP contribution in [0.2, 0.25) is 0 Å². The van der Waals surface area contributed by atoms with Crippen LogP contribution in [-0.4, -0.2) is 32.6 Å². The largest absolute Gasteiger partial charge is 0.508 e. The minimum atomic E-state index is -0.520. The van der Waals surface area contributed by atoms with Crippen LogP contribution in [0.3, 0.4) is 0 Å². The van der Waals surface area contributed by atoms with Crippen LogP contribution in [0.1, 0.15) is 37.8 Å². The molecule has 0 aliphatic rings. The van der Waals surface area contributed by atoms with Crippen molar-refractivity contribution >= 4 is 0 Å². The molecule has 4 atom stereocenters. The Hall–Kier alpha value is -2.04. The smallest absolute Gasteiger partial charge is 0.115 e. The average Bonchev–Trinajstić information content (AvgIpc) is 2.56. The monoisotopic (exact) mass is 358 g/mol. The third kappa shape index (κ3) is 6.36. The molecule has 0 radical (unpaired) electrons. The molecule has 142 valence electrons. The summed E-state index contributed by atoms with van der Waals surface area (Å²) in [4.78, 5) is 0. The molecule has 26 heavy (non-hydrogen) atoms. The maximum absolute atomic E-state index is 10.4. The van der Waals surface area contributed by atoms with Gasteiger partial charge in [0.2, 0.25) is 0 Å². The number of aromatic hydroxyl groups is 2. The predicted molar refractivity (Wildman–Crippen MR) is 103 cm³/mol.